The van der Waals surface area contributed by atoms with Crippen LogP contribution in [0.5, 0.6) is 0 Å². The molecule has 0 saturated carbocycles. The van der Waals surface area contributed by atoms with E-state index in [0.29, 0.717) is 6.54 Å². The molecule has 1 aromatic rings. The van der Waals surface area contributed by atoms with E-state index in [1.807, 2.05) is 18.2 Å². The zero-order valence-electron chi connectivity index (χ0n) is 10.4. The molecule has 0 unspecified atom stereocenters. The van der Waals surface area contributed by atoms with Crippen LogP contribution in [0.4, 0.5) is 0 Å². The van der Waals surface area contributed by atoms with Gasteiger partial charge in [0.05, 0.1) is 13.1 Å². The van der Waals surface area contributed by atoms with Crippen LogP contribution in [0.1, 0.15) is 18.4 Å². The lowest BCUT2D eigenvalue weighted by Crippen LogP contribution is -2.52. The molecule has 0 radical (unpaired) electrons. The van der Waals surface area contributed by atoms with Gasteiger partial charge in [0.2, 0.25) is 11.8 Å². The normalized spacial score (nSPS) is 16.1. The molecular weight excluding hydrogens is 228 g/mol. The van der Waals surface area contributed by atoms with Crippen LogP contribution in [0.3, 0.4) is 0 Å². The van der Waals surface area contributed by atoms with Crippen LogP contribution in [0.25, 0.3) is 0 Å². The van der Waals surface area contributed by atoms with Crippen molar-refractivity contribution in [1.29, 1.82) is 0 Å². The first-order valence-electron chi connectivity index (χ1n) is 6.35. The molecule has 0 aromatic heterocycles. The number of amides is 2. The topological polar surface area (TPSA) is 49.4 Å². The lowest BCUT2D eigenvalue weighted by atomic mass is 10.1. The van der Waals surface area contributed by atoms with Crippen LogP contribution in [-0.4, -0.2) is 36.3 Å². The first-order chi connectivity index (χ1) is 8.77. The molecule has 1 fully saturated rings. The van der Waals surface area contributed by atoms with Gasteiger partial charge in [0.25, 0.3) is 0 Å². The van der Waals surface area contributed by atoms with Crippen molar-refractivity contribution in [3.8, 4) is 0 Å². The van der Waals surface area contributed by atoms with E-state index >= 15 is 0 Å². The highest BCUT2D eigenvalue weighted by molar-refractivity contribution is 5.99. The summed E-state index contributed by atoms with van der Waals surface area (Å²) in [6.45, 7) is 1.11. The Morgan fingerprint density at radius 3 is 2.33 bits per heavy atom. The number of benzene rings is 1. The largest absolute Gasteiger partial charge is 0.300 e. The number of hydrogen-bond acceptors (Lipinski definition) is 3. The van der Waals surface area contributed by atoms with Crippen molar-refractivity contribution in [3.05, 3.63) is 35.9 Å². The molecule has 0 spiro atoms. The number of nitrogens with zero attached hydrogens (tertiary/aromatic N) is 1. The number of rotatable bonds is 5. The lowest BCUT2D eigenvalue weighted by molar-refractivity contribution is -0.146. The highest BCUT2D eigenvalue weighted by Crippen LogP contribution is 2.06. The Labute approximate surface area is 107 Å². The summed E-state index contributed by atoms with van der Waals surface area (Å²) < 4.78 is 0. The zero-order valence-corrected chi connectivity index (χ0v) is 10.4. The third kappa shape index (κ3) is 3.40. The van der Waals surface area contributed by atoms with E-state index in [1.165, 1.54) is 10.5 Å². The van der Waals surface area contributed by atoms with Gasteiger partial charge in [0.15, 0.2) is 0 Å². The van der Waals surface area contributed by atoms with Crippen LogP contribution in [0, 0.1) is 0 Å². The predicted octanol–water partition coefficient (Wildman–Crippen LogP) is 0.968. The van der Waals surface area contributed by atoms with Crippen LogP contribution < -0.4 is 5.32 Å². The maximum Gasteiger partial charge on any atom is 0.243 e. The van der Waals surface area contributed by atoms with Crippen molar-refractivity contribution >= 4 is 11.8 Å². The second-order valence-corrected chi connectivity index (χ2v) is 4.49. The van der Waals surface area contributed by atoms with Gasteiger partial charge in [-0.1, -0.05) is 30.3 Å². The molecule has 96 valence electrons. The standard InChI is InChI=1S/C14H18N2O2/c17-13-10-15-11-14(18)16(13)9-5-4-8-12-6-2-1-3-7-12/h1-3,6-7,15H,4-5,8-11H2. The molecule has 0 atom stereocenters. The monoisotopic (exact) mass is 246 g/mol. The van der Waals surface area contributed by atoms with Gasteiger partial charge in [-0.25, -0.2) is 0 Å². The van der Waals surface area contributed by atoms with E-state index in [4.69, 9.17) is 0 Å². The van der Waals surface area contributed by atoms with Crippen molar-refractivity contribution < 1.29 is 9.59 Å². The molecule has 1 aliphatic heterocycles. The van der Waals surface area contributed by atoms with Crippen molar-refractivity contribution in [2.75, 3.05) is 19.6 Å². The molecule has 1 aromatic carbocycles. The Morgan fingerprint density at radius 1 is 1.00 bits per heavy atom. The van der Waals surface area contributed by atoms with Gasteiger partial charge in [0, 0.05) is 6.54 Å². The fraction of sp³-hybridized carbons (Fsp3) is 0.429. The first kappa shape index (κ1) is 12.8. The van der Waals surface area contributed by atoms with Crippen molar-refractivity contribution in [2.24, 2.45) is 0 Å². The number of imide groups is 1. The molecule has 4 nitrogen and oxygen atoms in total. The maximum absolute atomic E-state index is 11.5. The number of unbranched alkanes of at least 4 members (excludes halogenated alkanes) is 1. The summed E-state index contributed by atoms with van der Waals surface area (Å²) in [5.74, 6) is -0.211. The SMILES string of the molecule is O=C1CNCC(=O)N1CCCCc1ccccc1. The van der Waals surface area contributed by atoms with E-state index in [2.05, 4.69) is 17.4 Å². The summed E-state index contributed by atoms with van der Waals surface area (Å²) in [6, 6.07) is 10.3. The third-order valence-corrected chi connectivity index (χ3v) is 3.09. The maximum atomic E-state index is 11.5. The first-order valence-corrected chi connectivity index (χ1v) is 6.35. The fourth-order valence-electron chi connectivity index (χ4n) is 2.10. The molecule has 2 amide bonds. The average Bonchev–Trinajstić information content (AvgIpc) is 2.38. The Hall–Kier alpha value is -1.68. The highest BCUT2D eigenvalue weighted by atomic mass is 16.2. The van der Waals surface area contributed by atoms with Gasteiger partial charge in [-0.2, -0.15) is 0 Å². The number of nitrogens with one attached hydrogen (secondary N) is 1. The van der Waals surface area contributed by atoms with Crippen LogP contribution in [0.15, 0.2) is 30.3 Å². The molecule has 0 aliphatic carbocycles. The van der Waals surface area contributed by atoms with Gasteiger partial charge in [-0.05, 0) is 24.8 Å². The number of piperazine rings is 1. The van der Waals surface area contributed by atoms with Crippen molar-refractivity contribution in [3.63, 3.8) is 0 Å². The predicted molar refractivity (Wildman–Crippen MR) is 69.0 cm³/mol. The molecule has 4 heteroatoms. The van der Waals surface area contributed by atoms with Gasteiger partial charge in [-0.15, -0.1) is 0 Å². The van der Waals surface area contributed by atoms with Gasteiger partial charge in [-0.3, -0.25) is 19.8 Å². The van der Waals surface area contributed by atoms with Crippen molar-refractivity contribution in [2.45, 2.75) is 19.3 Å². The van der Waals surface area contributed by atoms with Crippen LogP contribution in [-0.2, 0) is 16.0 Å². The van der Waals surface area contributed by atoms with Gasteiger partial charge >= 0.3 is 0 Å². The number of hydrogen-bond donors (Lipinski definition) is 1. The van der Waals surface area contributed by atoms with Crippen molar-refractivity contribution in [1.82, 2.24) is 10.2 Å². The summed E-state index contributed by atoms with van der Waals surface area (Å²) in [4.78, 5) is 24.4. The third-order valence-electron chi connectivity index (χ3n) is 3.09. The van der Waals surface area contributed by atoms with Crippen LogP contribution >= 0.6 is 0 Å². The smallest absolute Gasteiger partial charge is 0.243 e. The minimum atomic E-state index is -0.106. The van der Waals surface area contributed by atoms with Gasteiger partial charge < -0.3 is 0 Å². The second kappa shape index (κ2) is 6.31. The quantitative estimate of drug-likeness (QED) is 0.622. The minimum absolute atomic E-state index is 0.106. The van der Waals surface area contributed by atoms with E-state index in [0.717, 1.165) is 19.3 Å². The van der Waals surface area contributed by atoms with E-state index < -0.39 is 0 Å². The Kier molecular flexibility index (Phi) is 4.47. The summed E-state index contributed by atoms with van der Waals surface area (Å²) in [6.07, 6.45) is 2.86. The second-order valence-electron chi connectivity index (χ2n) is 4.49. The molecule has 1 N–H and O–H groups in total. The van der Waals surface area contributed by atoms with E-state index in [1.54, 1.807) is 0 Å². The molecule has 0 bridgehead atoms. The number of carbonyl (C=O) groups is 2. The fourth-order valence-corrected chi connectivity index (χ4v) is 2.10. The van der Waals surface area contributed by atoms with E-state index in [-0.39, 0.29) is 24.9 Å². The lowest BCUT2D eigenvalue weighted by Gasteiger charge is -2.25. The Morgan fingerprint density at radius 2 is 1.67 bits per heavy atom. The molecule has 1 aliphatic rings. The number of carbonyl (C=O) groups excluding carboxylic acids is 2. The number of aryl methyl sites for hydroxylation is 1. The average molecular weight is 246 g/mol. The van der Waals surface area contributed by atoms with E-state index in [9.17, 15) is 9.59 Å². The Balaban J connectivity index is 1.72. The summed E-state index contributed by atoms with van der Waals surface area (Å²) in [5, 5.41) is 2.79. The minimum Gasteiger partial charge on any atom is -0.300 e. The summed E-state index contributed by atoms with van der Waals surface area (Å²) in [7, 11) is 0. The van der Waals surface area contributed by atoms with Crippen LogP contribution in [0.2, 0.25) is 0 Å². The molecule has 1 heterocycles. The Bertz CT molecular complexity index is 401. The summed E-state index contributed by atoms with van der Waals surface area (Å²) >= 11 is 0. The zero-order chi connectivity index (χ0) is 12.8. The highest BCUT2D eigenvalue weighted by Gasteiger charge is 2.24. The molecule has 2 rings (SSSR count). The summed E-state index contributed by atoms with van der Waals surface area (Å²) in [5.41, 5.74) is 1.30. The molecule has 1 saturated heterocycles. The molecule has 18 heavy (non-hydrogen) atoms. The molecular formula is C14H18N2O2. The van der Waals surface area contributed by atoms with Gasteiger partial charge in [0.1, 0.15) is 0 Å².